The van der Waals surface area contributed by atoms with Gasteiger partial charge in [0.15, 0.2) is 0 Å². The minimum Gasteiger partial charge on any atom is -0.457 e. The number of aromatic nitrogens is 2. The second kappa shape index (κ2) is 11.1. The minimum absolute atomic E-state index is 0.00537. The number of likely N-dealkylation sites (tertiary alicyclic amines) is 1. The molecule has 0 aliphatic carbocycles. The minimum atomic E-state index is -0.592. The molecule has 7 nitrogen and oxygen atoms in total. The standard InChI is InChI=1S/C29H27FN4O3/c30-22-6-10-25(11-7-22)37-26-12-8-23(9-13-26)33-29(36)28-21(16-20-4-2-1-3-5-20)14-15-34(28)27(35)17-24-18-31-19-32-24/h1-13,18-19,21,28H,14-17H2,(H,31,32)(H,33,36)/t21-,28+/m1/s1. The molecule has 4 aromatic rings. The van der Waals surface area contributed by atoms with E-state index in [0.29, 0.717) is 35.8 Å². The molecule has 8 heteroatoms. The van der Waals surface area contributed by atoms with Crippen LogP contribution < -0.4 is 10.1 Å². The second-order valence-corrected chi connectivity index (χ2v) is 9.09. The molecule has 2 heterocycles. The highest BCUT2D eigenvalue weighted by Crippen LogP contribution is 2.30. The van der Waals surface area contributed by atoms with Crippen LogP contribution in [0.5, 0.6) is 11.5 Å². The number of anilines is 1. The van der Waals surface area contributed by atoms with Gasteiger partial charge >= 0.3 is 0 Å². The van der Waals surface area contributed by atoms with Crippen LogP contribution >= 0.6 is 0 Å². The van der Waals surface area contributed by atoms with Gasteiger partial charge in [0.05, 0.1) is 12.7 Å². The van der Waals surface area contributed by atoms with E-state index in [1.807, 2.05) is 30.3 Å². The van der Waals surface area contributed by atoms with E-state index in [0.717, 1.165) is 12.0 Å². The highest BCUT2D eigenvalue weighted by Gasteiger charge is 2.41. The lowest BCUT2D eigenvalue weighted by Crippen LogP contribution is -2.47. The summed E-state index contributed by atoms with van der Waals surface area (Å²) in [7, 11) is 0. The number of amides is 2. The van der Waals surface area contributed by atoms with Crippen molar-refractivity contribution in [2.45, 2.75) is 25.3 Å². The molecule has 188 valence electrons. The van der Waals surface area contributed by atoms with Gasteiger partial charge in [-0.2, -0.15) is 0 Å². The Labute approximate surface area is 214 Å². The zero-order valence-electron chi connectivity index (χ0n) is 20.1. The number of hydrogen-bond donors (Lipinski definition) is 2. The first-order valence-electron chi connectivity index (χ1n) is 12.2. The molecule has 1 aliphatic rings. The fraction of sp³-hybridized carbons (Fsp3) is 0.207. The zero-order valence-corrected chi connectivity index (χ0v) is 20.1. The van der Waals surface area contributed by atoms with Crippen LogP contribution in [0.1, 0.15) is 17.7 Å². The smallest absolute Gasteiger partial charge is 0.247 e. The first-order chi connectivity index (χ1) is 18.0. The van der Waals surface area contributed by atoms with Gasteiger partial charge in [-0.3, -0.25) is 9.59 Å². The summed E-state index contributed by atoms with van der Waals surface area (Å²) in [5.41, 5.74) is 2.45. The van der Waals surface area contributed by atoms with Crippen molar-refractivity contribution >= 4 is 17.5 Å². The molecule has 2 N–H and O–H groups in total. The maximum absolute atomic E-state index is 13.5. The summed E-state index contributed by atoms with van der Waals surface area (Å²) >= 11 is 0. The van der Waals surface area contributed by atoms with Crippen LogP contribution in [-0.4, -0.2) is 39.3 Å². The number of aromatic amines is 1. The Morgan fingerprint density at radius 3 is 2.38 bits per heavy atom. The number of hydrogen-bond acceptors (Lipinski definition) is 4. The predicted molar refractivity (Wildman–Crippen MR) is 138 cm³/mol. The summed E-state index contributed by atoms with van der Waals surface area (Å²) in [4.78, 5) is 35.4. The number of rotatable bonds is 8. The molecule has 1 aromatic heterocycles. The number of carbonyl (C=O) groups is 2. The highest BCUT2D eigenvalue weighted by atomic mass is 19.1. The summed E-state index contributed by atoms with van der Waals surface area (Å²) in [5, 5.41) is 2.98. The van der Waals surface area contributed by atoms with Crippen molar-refractivity contribution in [2.75, 3.05) is 11.9 Å². The molecular weight excluding hydrogens is 471 g/mol. The molecule has 0 radical (unpaired) electrons. The lowest BCUT2D eigenvalue weighted by Gasteiger charge is -2.27. The SMILES string of the molecule is O=C(Nc1ccc(Oc2ccc(F)cc2)cc1)[C@@H]1[C@@H](Cc2ccccc2)CCN1C(=O)Cc1cnc[nH]1. The van der Waals surface area contributed by atoms with Gasteiger partial charge in [-0.05, 0) is 72.9 Å². The van der Waals surface area contributed by atoms with Crippen molar-refractivity contribution in [2.24, 2.45) is 5.92 Å². The maximum atomic E-state index is 13.5. The monoisotopic (exact) mass is 498 g/mol. The molecule has 0 saturated carbocycles. The van der Waals surface area contributed by atoms with E-state index in [2.05, 4.69) is 15.3 Å². The molecule has 0 bridgehead atoms. The van der Waals surface area contributed by atoms with Crippen LogP contribution in [0.2, 0.25) is 0 Å². The lowest BCUT2D eigenvalue weighted by molar-refractivity contribution is -0.137. The average Bonchev–Trinajstić information content (AvgIpc) is 3.57. The molecule has 5 rings (SSSR count). The molecule has 0 unspecified atom stereocenters. The predicted octanol–water partition coefficient (Wildman–Crippen LogP) is 4.98. The fourth-order valence-corrected chi connectivity index (χ4v) is 4.73. The van der Waals surface area contributed by atoms with Gasteiger partial charge in [0.25, 0.3) is 0 Å². The van der Waals surface area contributed by atoms with E-state index in [9.17, 15) is 14.0 Å². The van der Waals surface area contributed by atoms with Crippen molar-refractivity contribution in [3.63, 3.8) is 0 Å². The molecular formula is C29H27FN4O3. The molecule has 37 heavy (non-hydrogen) atoms. The first kappa shape index (κ1) is 24.2. The van der Waals surface area contributed by atoms with Crippen LogP contribution in [0, 0.1) is 11.7 Å². The number of benzene rings is 3. The zero-order chi connectivity index (χ0) is 25.6. The Balaban J connectivity index is 1.30. The van der Waals surface area contributed by atoms with Crippen LogP contribution in [0.3, 0.4) is 0 Å². The van der Waals surface area contributed by atoms with Gasteiger partial charge in [-0.1, -0.05) is 30.3 Å². The van der Waals surface area contributed by atoms with Gasteiger partial charge < -0.3 is 19.9 Å². The largest absolute Gasteiger partial charge is 0.457 e. The Morgan fingerprint density at radius 1 is 1.00 bits per heavy atom. The Hall–Kier alpha value is -4.46. The molecule has 0 spiro atoms. The Kier molecular flexibility index (Phi) is 7.26. The van der Waals surface area contributed by atoms with Crippen molar-refractivity contribution in [3.8, 4) is 11.5 Å². The van der Waals surface area contributed by atoms with E-state index >= 15 is 0 Å². The Bertz CT molecular complexity index is 1330. The van der Waals surface area contributed by atoms with Crippen molar-refractivity contribution in [3.05, 3.63) is 108 Å². The van der Waals surface area contributed by atoms with Gasteiger partial charge in [-0.25, -0.2) is 9.37 Å². The number of ether oxygens (including phenoxy) is 1. The topological polar surface area (TPSA) is 87.3 Å². The third-order valence-electron chi connectivity index (χ3n) is 6.52. The maximum Gasteiger partial charge on any atom is 0.247 e. The number of imidazole rings is 1. The van der Waals surface area contributed by atoms with E-state index in [1.54, 1.807) is 53.8 Å². The fourth-order valence-electron chi connectivity index (χ4n) is 4.73. The molecule has 2 amide bonds. The second-order valence-electron chi connectivity index (χ2n) is 9.09. The van der Waals surface area contributed by atoms with Gasteiger partial charge in [0, 0.05) is 24.1 Å². The van der Waals surface area contributed by atoms with Gasteiger partial charge in [0.1, 0.15) is 23.4 Å². The Morgan fingerprint density at radius 2 is 1.70 bits per heavy atom. The molecule has 1 fully saturated rings. The van der Waals surface area contributed by atoms with Crippen LogP contribution in [-0.2, 0) is 22.4 Å². The molecule has 2 atom stereocenters. The number of nitrogens with one attached hydrogen (secondary N) is 2. The summed E-state index contributed by atoms with van der Waals surface area (Å²) in [6.07, 6.45) is 4.78. The third kappa shape index (κ3) is 6.03. The first-order valence-corrected chi connectivity index (χ1v) is 12.2. The van der Waals surface area contributed by atoms with Crippen LogP contribution in [0.25, 0.3) is 0 Å². The van der Waals surface area contributed by atoms with Gasteiger partial charge in [0.2, 0.25) is 11.8 Å². The van der Waals surface area contributed by atoms with Crippen molar-refractivity contribution in [1.29, 1.82) is 0 Å². The number of H-pyrrole nitrogens is 1. The van der Waals surface area contributed by atoms with E-state index in [4.69, 9.17) is 4.74 Å². The van der Waals surface area contributed by atoms with Crippen LogP contribution in [0.15, 0.2) is 91.4 Å². The molecule has 1 aliphatic heterocycles. The van der Waals surface area contributed by atoms with E-state index in [1.165, 1.54) is 12.1 Å². The highest BCUT2D eigenvalue weighted by molar-refractivity contribution is 5.98. The van der Waals surface area contributed by atoms with Crippen LogP contribution in [0.4, 0.5) is 10.1 Å². The molecule has 1 saturated heterocycles. The summed E-state index contributed by atoms with van der Waals surface area (Å²) < 4.78 is 18.9. The van der Waals surface area contributed by atoms with Crippen molar-refractivity contribution in [1.82, 2.24) is 14.9 Å². The van der Waals surface area contributed by atoms with Gasteiger partial charge in [-0.15, -0.1) is 0 Å². The molecule has 3 aromatic carbocycles. The third-order valence-corrected chi connectivity index (χ3v) is 6.52. The van der Waals surface area contributed by atoms with E-state index in [-0.39, 0.29) is 30.0 Å². The average molecular weight is 499 g/mol. The number of halogens is 1. The summed E-state index contributed by atoms with van der Waals surface area (Å²) in [6, 6.07) is 22.1. The lowest BCUT2D eigenvalue weighted by atomic mass is 9.91. The quantitative estimate of drug-likeness (QED) is 0.359. The number of nitrogens with zero attached hydrogens (tertiary/aromatic N) is 2. The summed E-state index contributed by atoms with van der Waals surface area (Å²) in [5.74, 6) is 0.406. The normalized spacial score (nSPS) is 16.9. The van der Waals surface area contributed by atoms with E-state index < -0.39 is 6.04 Å². The summed E-state index contributed by atoms with van der Waals surface area (Å²) in [6.45, 7) is 0.521. The van der Waals surface area contributed by atoms with Crippen molar-refractivity contribution < 1.29 is 18.7 Å². The number of carbonyl (C=O) groups excluding carboxylic acids is 2.